The summed E-state index contributed by atoms with van der Waals surface area (Å²) in [6, 6.07) is 0.564. The molecule has 5 heteroatoms. The highest BCUT2D eigenvalue weighted by Gasteiger charge is 2.29. The van der Waals surface area contributed by atoms with Gasteiger partial charge in [-0.3, -0.25) is 4.90 Å². The first-order valence-electron chi connectivity index (χ1n) is 7.32. The smallest absolute Gasteiger partial charge is 0.242 e. The average Bonchev–Trinajstić information content (AvgIpc) is 2.15. The topological polar surface area (TPSA) is 21.7 Å². The monoisotopic (exact) mass is 301 g/mol. The lowest BCUT2D eigenvalue weighted by molar-refractivity contribution is 0.168. The summed E-state index contributed by atoms with van der Waals surface area (Å²) in [4.78, 5) is 2.46. The summed E-state index contributed by atoms with van der Waals surface area (Å²) >= 11 is 0. The van der Waals surface area contributed by atoms with E-state index in [0.717, 1.165) is 31.0 Å². The molecule has 1 aliphatic rings. The second kappa shape index (κ2) is 6.01. The zero-order valence-electron chi connectivity index (χ0n) is 14.0. The molecule has 1 aliphatic heterocycles. The molecule has 0 spiro atoms. The van der Waals surface area contributed by atoms with Crippen molar-refractivity contribution >= 4 is 16.6 Å². The second-order valence-electron chi connectivity index (χ2n) is 7.59. The highest BCUT2D eigenvalue weighted by Crippen LogP contribution is 2.27. The molecule has 0 unspecified atom stereocenters. The van der Waals surface area contributed by atoms with Crippen molar-refractivity contribution in [3.05, 3.63) is 11.5 Å². The van der Waals surface area contributed by atoms with E-state index >= 15 is 0 Å². The van der Waals surface area contributed by atoms with Gasteiger partial charge < -0.3 is 8.85 Å². The third-order valence-electron chi connectivity index (χ3n) is 2.87. The van der Waals surface area contributed by atoms with Gasteiger partial charge in [-0.05, 0) is 53.1 Å². The van der Waals surface area contributed by atoms with Crippen LogP contribution in [0.15, 0.2) is 11.5 Å². The summed E-state index contributed by atoms with van der Waals surface area (Å²) in [5, 5.41) is 0. The summed E-state index contributed by atoms with van der Waals surface area (Å²) in [6.45, 7) is 19.9. The minimum atomic E-state index is -1.58. The zero-order valence-corrected chi connectivity index (χ0v) is 16.0. The first-order valence-corrected chi connectivity index (χ1v) is 14.1. The fourth-order valence-corrected chi connectivity index (χ4v) is 3.99. The van der Waals surface area contributed by atoms with E-state index in [0.29, 0.717) is 6.04 Å². The van der Waals surface area contributed by atoms with Crippen LogP contribution in [0.2, 0.25) is 39.3 Å². The van der Waals surface area contributed by atoms with Crippen LogP contribution in [0.5, 0.6) is 0 Å². The van der Waals surface area contributed by atoms with Crippen molar-refractivity contribution in [3.8, 4) is 0 Å². The first-order chi connectivity index (χ1) is 8.48. The van der Waals surface area contributed by atoms with Crippen LogP contribution in [0, 0.1) is 0 Å². The summed E-state index contributed by atoms with van der Waals surface area (Å²) in [5.74, 6) is 2.22. The van der Waals surface area contributed by atoms with E-state index in [4.69, 9.17) is 8.85 Å². The van der Waals surface area contributed by atoms with Gasteiger partial charge in [-0.15, -0.1) is 0 Å². The Morgan fingerprint density at radius 2 is 1.37 bits per heavy atom. The Hall–Kier alpha value is -0.266. The fraction of sp³-hybridized carbons (Fsp3) is 0.857. The molecule has 112 valence electrons. The van der Waals surface area contributed by atoms with Crippen molar-refractivity contribution in [1.82, 2.24) is 4.90 Å². The Labute approximate surface area is 121 Å². The molecule has 1 heterocycles. The molecular weight excluding hydrogens is 270 g/mol. The number of hydrogen-bond acceptors (Lipinski definition) is 3. The molecule has 0 fully saturated rings. The van der Waals surface area contributed by atoms with Gasteiger partial charge in [0.2, 0.25) is 16.6 Å². The minimum Gasteiger partial charge on any atom is -0.545 e. The SMILES string of the molecule is CC(C)N1CCC(O[Si](C)(C)C)=C(O[Si](C)(C)C)C1. The van der Waals surface area contributed by atoms with Gasteiger partial charge in [-0.2, -0.15) is 0 Å². The van der Waals surface area contributed by atoms with E-state index in [1.165, 1.54) is 0 Å². The molecule has 1 rings (SSSR count). The standard InChI is InChI=1S/C14H31NO2Si2/c1-12(2)15-10-9-13(16-18(3,4)5)14(11-15)17-19(6,7)8/h12H,9-11H2,1-8H3. The molecule has 0 N–H and O–H groups in total. The molecule has 0 radical (unpaired) electrons. The lowest BCUT2D eigenvalue weighted by Gasteiger charge is -2.37. The Morgan fingerprint density at radius 1 is 0.895 bits per heavy atom. The molecular formula is C14H31NO2Si2. The molecule has 0 atom stereocenters. The largest absolute Gasteiger partial charge is 0.545 e. The van der Waals surface area contributed by atoms with Crippen molar-refractivity contribution in [3.63, 3.8) is 0 Å². The Bertz CT molecular complexity index is 340. The predicted octanol–water partition coefficient (Wildman–Crippen LogP) is 4.02. The average molecular weight is 302 g/mol. The van der Waals surface area contributed by atoms with E-state index in [1.807, 2.05) is 0 Å². The zero-order chi connectivity index (χ0) is 14.8. The van der Waals surface area contributed by atoms with Crippen molar-refractivity contribution in [2.75, 3.05) is 13.1 Å². The van der Waals surface area contributed by atoms with Crippen LogP contribution in [0.25, 0.3) is 0 Å². The van der Waals surface area contributed by atoms with E-state index in [-0.39, 0.29) is 0 Å². The third-order valence-corrected chi connectivity index (χ3v) is 4.59. The molecule has 0 aromatic carbocycles. The van der Waals surface area contributed by atoms with Gasteiger partial charge >= 0.3 is 0 Å². The molecule has 3 nitrogen and oxygen atoms in total. The van der Waals surface area contributed by atoms with Crippen LogP contribution in [0.4, 0.5) is 0 Å². The second-order valence-corrected chi connectivity index (χ2v) is 16.4. The highest BCUT2D eigenvalue weighted by atomic mass is 28.4. The lowest BCUT2D eigenvalue weighted by atomic mass is 10.1. The van der Waals surface area contributed by atoms with Crippen LogP contribution in [-0.4, -0.2) is 40.7 Å². The van der Waals surface area contributed by atoms with Gasteiger partial charge in [0.05, 0.1) is 6.54 Å². The van der Waals surface area contributed by atoms with E-state index in [9.17, 15) is 0 Å². The third kappa shape index (κ3) is 6.14. The minimum absolute atomic E-state index is 0.564. The maximum absolute atomic E-state index is 6.29. The molecule has 0 aromatic rings. The van der Waals surface area contributed by atoms with Crippen molar-refractivity contribution in [2.45, 2.75) is 65.6 Å². The van der Waals surface area contributed by atoms with Crippen LogP contribution >= 0.6 is 0 Å². The lowest BCUT2D eigenvalue weighted by Crippen LogP contribution is -2.41. The Morgan fingerprint density at radius 3 is 1.79 bits per heavy atom. The van der Waals surface area contributed by atoms with Crippen molar-refractivity contribution in [2.24, 2.45) is 0 Å². The van der Waals surface area contributed by atoms with Gasteiger partial charge in [0.15, 0.2) is 0 Å². The summed E-state index contributed by atoms with van der Waals surface area (Å²) in [5.41, 5.74) is 0. The van der Waals surface area contributed by atoms with Crippen molar-refractivity contribution in [1.29, 1.82) is 0 Å². The van der Waals surface area contributed by atoms with Gasteiger partial charge in [0, 0.05) is 19.0 Å². The predicted molar refractivity (Wildman–Crippen MR) is 87.2 cm³/mol. The van der Waals surface area contributed by atoms with E-state index in [1.54, 1.807) is 0 Å². The van der Waals surface area contributed by atoms with Crippen LogP contribution in [0.1, 0.15) is 20.3 Å². The molecule has 0 saturated carbocycles. The molecule has 0 aromatic heterocycles. The van der Waals surface area contributed by atoms with E-state index in [2.05, 4.69) is 58.0 Å². The van der Waals surface area contributed by atoms with Crippen LogP contribution in [-0.2, 0) is 8.85 Å². The summed E-state index contributed by atoms with van der Waals surface area (Å²) in [6.07, 6.45) is 0.988. The Balaban J connectivity index is 2.92. The van der Waals surface area contributed by atoms with Gasteiger partial charge in [-0.25, -0.2) is 0 Å². The van der Waals surface area contributed by atoms with Gasteiger partial charge in [-0.1, -0.05) is 0 Å². The number of nitrogens with zero attached hydrogens (tertiary/aromatic N) is 1. The number of rotatable bonds is 5. The molecule has 19 heavy (non-hydrogen) atoms. The van der Waals surface area contributed by atoms with Gasteiger partial charge in [0.1, 0.15) is 11.5 Å². The van der Waals surface area contributed by atoms with E-state index < -0.39 is 16.6 Å². The molecule has 0 saturated heterocycles. The summed E-state index contributed by atoms with van der Waals surface area (Å²) in [7, 11) is -3.13. The molecule has 0 amide bonds. The van der Waals surface area contributed by atoms with Crippen LogP contribution in [0.3, 0.4) is 0 Å². The Kier molecular flexibility index (Phi) is 5.31. The number of hydrogen-bond donors (Lipinski definition) is 0. The van der Waals surface area contributed by atoms with Crippen LogP contribution < -0.4 is 0 Å². The molecule has 0 bridgehead atoms. The molecule has 0 aliphatic carbocycles. The highest BCUT2D eigenvalue weighted by molar-refractivity contribution is 6.70. The first kappa shape index (κ1) is 16.8. The fourth-order valence-electron chi connectivity index (χ4n) is 2.11. The van der Waals surface area contributed by atoms with Gasteiger partial charge in [0.25, 0.3) is 0 Å². The summed E-state index contributed by atoms with van der Waals surface area (Å²) < 4.78 is 12.5. The maximum Gasteiger partial charge on any atom is 0.242 e. The quantitative estimate of drug-likeness (QED) is 0.716. The maximum atomic E-state index is 6.29. The van der Waals surface area contributed by atoms with Crippen molar-refractivity contribution < 1.29 is 8.85 Å². The normalized spacial score (nSPS) is 19.0.